The van der Waals surface area contributed by atoms with Crippen molar-refractivity contribution in [2.24, 2.45) is 0 Å². The van der Waals surface area contributed by atoms with E-state index in [0.29, 0.717) is 0 Å². The molecule has 0 aliphatic rings. The summed E-state index contributed by atoms with van der Waals surface area (Å²) in [6.45, 7) is 2.99. The summed E-state index contributed by atoms with van der Waals surface area (Å²) in [7, 11) is 0. The average Bonchev–Trinajstić information content (AvgIpc) is 2.80. The maximum absolute atomic E-state index is 4.23. The van der Waals surface area contributed by atoms with Gasteiger partial charge in [-0.1, -0.05) is 19.4 Å². The Bertz CT molecular complexity index is 426. The van der Waals surface area contributed by atoms with Crippen molar-refractivity contribution in [3.05, 3.63) is 40.5 Å². The highest BCUT2D eigenvalue weighted by Crippen LogP contribution is 2.12. The standard InChI is InChI=1S/C12H15N3S/c1-2-4-10-7-12(15-9-14-10)13-8-11-5-3-6-16-11/h3,5-7,9H,2,4,8H2,1H3,(H,13,14,15). The summed E-state index contributed by atoms with van der Waals surface area (Å²) in [5.74, 6) is 0.909. The lowest BCUT2D eigenvalue weighted by molar-refractivity contribution is 0.871. The first-order chi connectivity index (χ1) is 7.88. The molecule has 3 nitrogen and oxygen atoms in total. The molecule has 0 aliphatic carbocycles. The fourth-order valence-corrected chi connectivity index (χ4v) is 2.12. The molecule has 0 atom stereocenters. The molecule has 2 aromatic rings. The SMILES string of the molecule is CCCc1cc(NCc2cccs2)ncn1. The van der Waals surface area contributed by atoms with Gasteiger partial charge in [-0.25, -0.2) is 9.97 Å². The first-order valence-corrected chi connectivity index (χ1v) is 6.33. The largest absolute Gasteiger partial charge is 0.365 e. The van der Waals surface area contributed by atoms with Crippen molar-refractivity contribution in [2.45, 2.75) is 26.3 Å². The van der Waals surface area contributed by atoms with Crippen LogP contribution in [0.3, 0.4) is 0 Å². The van der Waals surface area contributed by atoms with Crippen molar-refractivity contribution in [3.63, 3.8) is 0 Å². The number of aryl methyl sites for hydroxylation is 1. The first-order valence-electron chi connectivity index (χ1n) is 5.45. The van der Waals surface area contributed by atoms with Crippen LogP contribution < -0.4 is 5.32 Å². The molecule has 0 saturated heterocycles. The number of nitrogens with one attached hydrogen (secondary N) is 1. The van der Waals surface area contributed by atoms with Gasteiger partial charge in [-0.05, 0) is 17.9 Å². The van der Waals surface area contributed by atoms with Gasteiger partial charge >= 0.3 is 0 Å². The second-order valence-corrected chi connectivity index (χ2v) is 4.61. The molecule has 2 rings (SSSR count). The molecule has 84 valence electrons. The van der Waals surface area contributed by atoms with Crippen LogP contribution in [0.5, 0.6) is 0 Å². The molecular weight excluding hydrogens is 218 g/mol. The van der Waals surface area contributed by atoms with Crippen LogP contribution in [0.15, 0.2) is 29.9 Å². The highest BCUT2D eigenvalue weighted by atomic mass is 32.1. The zero-order chi connectivity index (χ0) is 11.2. The van der Waals surface area contributed by atoms with E-state index < -0.39 is 0 Å². The minimum atomic E-state index is 0.834. The third-order valence-electron chi connectivity index (χ3n) is 2.25. The van der Waals surface area contributed by atoms with Gasteiger partial charge in [0.05, 0.1) is 6.54 Å². The molecule has 4 heteroatoms. The fourth-order valence-electron chi connectivity index (χ4n) is 1.48. The predicted molar refractivity (Wildman–Crippen MR) is 67.7 cm³/mol. The summed E-state index contributed by atoms with van der Waals surface area (Å²) < 4.78 is 0. The minimum absolute atomic E-state index is 0.834. The third kappa shape index (κ3) is 3.03. The Morgan fingerprint density at radius 2 is 2.31 bits per heavy atom. The van der Waals surface area contributed by atoms with Crippen molar-refractivity contribution in [1.82, 2.24) is 9.97 Å². The van der Waals surface area contributed by atoms with Crippen molar-refractivity contribution in [3.8, 4) is 0 Å². The smallest absolute Gasteiger partial charge is 0.129 e. The Morgan fingerprint density at radius 3 is 3.06 bits per heavy atom. The van der Waals surface area contributed by atoms with Gasteiger partial charge in [-0.2, -0.15) is 0 Å². The topological polar surface area (TPSA) is 37.8 Å². The van der Waals surface area contributed by atoms with E-state index in [0.717, 1.165) is 30.9 Å². The number of nitrogens with zero attached hydrogens (tertiary/aromatic N) is 2. The quantitative estimate of drug-likeness (QED) is 0.862. The van der Waals surface area contributed by atoms with Crippen molar-refractivity contribution in [1.29, 1.82) is 0 Å². The van der Waals surface area contributed by atoms with E-state index in [-0.39, 0.29) is 0 Å². The highest BCUT2D eigenvalue weighted by Gasteiger charge is 1.98. The average molecular weight is 233 g/mol. The van der Waals surface area contributed by atoms with Crippen LogP contribution in [0, 0.1) is 0 Å². The third-order valence-corrected chi connectivity index (χ3v) is 3.13. The number of rotatable bonds is 5. The lowest BCUT2D eigenvalue weighted by Crippen LogP contribution is -2.01. The Morgan fingerprint density at radius 1 is 1.38 bits per heavy atom. The number of aromatic nitrogens is 2. The molecule has 0 amide bonds. The number of anilines is 1. The molecule has 0 saturated carbocycles. The molecular formula is C12H15N3S. The first kappa shape index (κ1) is 11.1. The number of thiophene rings is 1. The Hall–Kier alpha value is -1.42. The summed E-state index contributed by atoms with van der Waals surface area (Å²) in [6.07, 6.45) is 3.75. The van der Waals surface area contributed by atoms with Crippen molar-refractivity contribution in [2.75, 3.05) is 5.32 Å². The van der Waals surface area contributed by atoms with Crippen LogP contribution in [-0.2, 0) is 13.0 Å². The van der Waals surface area contributed by atoms with Crippen molar-refractivity contribution >= 4 is 17.2 Å². The molecule has 0 spiro atoms. The zero-order valence-electron chi connectivity index (χ0n) is 9.31. The van der Waals surface area contributed by atoms with Gasteiger partial charge < -0.3 is 5.32 Å². The molecule has 0 radical (unpaired) electrons. The van der Waals surface area contributed by atoms with E-state index >= 15 is 0 Å². The van der Waals surface area contributed by atoms with Crippen LogP contribution >= 0.6 is 11.3 Å². The maximum Gasteiger partial charge on any atom is 0.129 e. The molecule has 2 heterocycles. The van der Waals surface area contributed by atoms with Gasteiger partial charge in [-0.3, -0.25) is 0 Å². The molecule has 0 unspecified atom stereocenters. The number of hydrogen-bond donors (Lipinski definition) is 1. The Balaban J connectivity index is 1.96. The van der Waals surface area contributed by atoms with Crippen LogP contribution in [0.4, 0.5) is 5.82 Å². The van der Waals surface area contributed by atoms with Crippen LogP contribution in [0.1, 0.15) is 23.9 Å². The van der Waals surface area contributed by atoms with Crippen LogP contribution in [0.2, 0.25) is 0 Å². The zero-order valence-corrected chi connectivity index (χ0v) is 10.1. The molecule has 16 heavy (non-hydrogen) atoms. The van der Waals surface area contributed by atoms with Gasteiger partial charge in [0.1, 0.15) is 12.1 Å². The van der Waals surface area contributed by atoms with E-state index in [2.05, 4.69) is 39.7 Å². The van der Waals surface area contributed by atoms with Gasteiger partial charge in [0.15, 0.2) is 0 Å². The Kier molecular flexibility index (Phi) is 3.88. The van der Waals surface area contributed by atoms with Crippen LogP contribution in [-0.4, -0.2) is 9.97 Å². The summed E-state index contributed by atoms with van der Waals surface area (Å²) in [6, 6.07) is 6.20. The summed E-state index contributed by atoms with van der Waals surface area (Å²) in [5.41, 5.74) is 1.10. The Labute approximate surface area is 99.6 Å². The molecule has 0 fully saturated rings. The normalized spacial score (nSPS) is 10.3. The van der Waals surface area contributed by atoms with Gasteiger partial charge in [0.2, 0.25) is 0 Å². The van der Waals surface area contributed by atoms with Gasteiger partial charge in [-0.15, -0.1) is 11.3 Å². The molecule has 0 bridgehead atoms. The van der Waals surface area contributed by atoms with Gasteiger partial charge in [0.25, 0.3) is 0 Å². The van der Waals surface area contributed by atoms with E-state index in [1.54, 1.807) is 17.7 Å². The predicted octanol–water partition coefficient (Wildman–Crippen LogP) is 3.10. The monoisotopic (exact) mass is 233 g/mol. The van der Waals surface area contributed by atoms with Crippen molar-refractivity contribution < 1.29 is 0 Å². The lowest BCUT2D eigenvalue weighted by atomic mass is 10.2. The maximum atomic E-state index is 4.23. The second-order valence-electron chi connectivity index (χ2n) is 3.58. The molecule has 0 aliphatic heterocycles. The number of hydrogen-bond acceptors (Lipinski definition) is 4. The fraction of sp³-hybridized carbons (Fsp3) is 0.333. The van der Waals surface area contributed by atoms with E-state index in [1.165, 1.54) is 4.88 Å². The minimum Gasteiger partial charge on any atom is -0.365 e. The van der Waals surface area contributed by atoms with Gasteiger partial charge in [0, 0.05) is 16.6 Å². The highest BCUT2D eigenvalue weighted by molar-refractivity contribution is 7.09. The van der Waals surface area contributed by atoms with E-state index in [4.69, 9.17) is 0 Å². The lowest BCUT2D eigenvalue weighted by Gasteiger charge is -2.04. The molecule has 1 N–H and O–H groups in total. The summed E-state index contributed by atoms with van der Waals surface area (Å²) >= 11 is 1.75. The van der Waals surface area contributed by atoms with E-state index in [9.17, 15) is 0 Å². The summed E-state index contributed by atoms with van der Waals surface area (Å²) in [4.78, 5) is 9.74. The second kappa shape index (κ2) is 5.61. The molecule has 0 aromatic carbocycles. The summed E-state index contributed by atoms with van der Waals surface area (Å²) in [5, 5.41) is 5.39. The van der Waals surface area contributed by atoms with E-state index in [1.807, 2.05) is 6.07 Å². The van der Waals surface area contributed by atoms with Crippen LogP contribution in [0.25, 0.3) is 0 Å². The molecule has 2 aromatic heterocycles.